The van der Waals surface area contributed by atoms with Crippen LogP contribution in [0.3, 0.4) is 0 Å². The molecule has 0 radical (unpaired) electrons. The molecule has 3 aliphatic rings. The maximum Gasteiger partial charge on any atom is 1.00 e. The Kier molecular flexibility index (Phi) is 14.7. The van der Waals surface area contributed by atoms with Gasteiger partial charge in [-0.15, -0.1) is 0 Å². The summed E-state index contributed by atoms with van der Waals surface area (Å²) >= 11 is 0. The number of methoxy groups -OCH3 is 2. The minimum Gasteiger partial charge on any atom is -0.744 e. The summed E-state index contributed by atoms with van der Waals surface area (Å²) < 4.78 is 55.2. The van der Waals surface area contributed by atoms with Gasteiger partial charge in [-0.2, -0.15) is 0 Å². The molecule has 50 heavy (non-hydrogen) atoms. The summed E-state index contributed by atoms with van der Waals surface area (Å²) in [4.78, 5) is 12.9. The SMILES string of the molecule is COCC[N+](CCOC)=c1ccc2c(/C=C/C=C3/N(CCCCCC(=O)O)c4ccc(S(=O)(=O)[O-])cc4C3(C)C)cc(C(C)(C)C)oc-2c1.[Na+]. The Hall–Kier alpha value is -2.77. The Morgan fingerprint density at radius 3 is 2.30 bits per heavy atom. The summed E-state index contributed by atoms with van der Waals surface area (Å²) in [6.07, 6.45) is 8.29. The van der Waals surface area contributed by atoms with Gasteiger partial charge in [0.2, 0.25) is 5.36 Å². The molecule has 1 aromatic carbocycles. The average molecular weight is 718 g/mol. The largest absolute Gasteiger partial charge is 1.00 e. The van der Waals surface area contributed by atoms with Gasteiger partial charge in [0.1, 0.15) is 34.9 Å². The number of nitrogens with zero attached hydrogens (tertiary/aromatic N) is 2. The number of carboxylic acid groups (broad SMARTS) is 1. The minimum atomic E-state index is -4.63. The van der Waals surface area contributed by atoms with Crippen LogP contribution in [0.4, 0.5) is 5.69 Å². The van der Waals surface area contributed by atoms with Gasteiger partial charge in [-0.3, -0.25) is 4.79 Å². The van der Waals surface area contributed by atoms with Crippen molar-refractivity contribution >= 4 is 27.9 Å². The van der Waals surface area contributed by atoms with E-state index < -0.39 is 21.5 Å². The van der Waals surface area contributed by atoms with Crippen molar-refractivity contribution in [2.24, 2.45) is 0 Å². The van der Waals surface area contributed by atoms with E-state index in [9.17, 15) is 17.8 Å². The smallest absolute Gasteiger partial charge is 0.744 e. The molecule has 0 atom stereocenters. The molecule has 4 rings (SSSR count). The van der Waals surface area contributed by atoms with Crippen LogP contribution in [-0.2, 0) is 35.2 Å². The Balaban J connectivity index is 0.00000676. The summed E-state index contributed by atoms with van der Waals surface area (Å²) in [6.45, 7) is 13.6. The molecule has 2 heterocycles. The molecule has 1 aliphatic carbocycles. The van der Waals surface area contributed by atoms with Crippen molar-refractivity contribution in [3.8, 4) is 11.3 Å². The summed E-state index contributed by atoms with van der Waals surface area (Å²) in [5.41, 5.74) is 3.65. The molecule has 266 valence electrons. The van der Waals surface area contributed by atoms with Crippen LogP contribution in [0.25, 0.3) is 17.4 Å². The molecule has 1 aromatic rings. The third kappa shape index (κ3) is 10.2. The second kappa shape index (κ2) is 17.6. The first kappa shape index (κ1) is 41.6. The van der Waals surface area contributed by atoms with Crippen molar-refractivity contribution in [1.29, 1.82) is 0 Å². The van der Waals surface area contributed by atoms with Gasteiger partial charge < -0.3 is 28.5 Å². The van der Waals surface area contributed by atoms with Gasteiger partial charge >= 0.3 is 35.5 Å². The van der Waals surface area contributed by atoms with Gasteiger partial charge in [0.15, 0.2) is 13.1 Å². The number of anilines is 1. The Labute approximate surface area is 318 Å². The van der Waals surface area contributed by atoms with E-state index in [-0.39, 0.29) is 46.3 Å². The van der Waals surface area contributed by atoms with Gasteiger partial charge in [0.25, 0.3) is 0 Å². The Morgan fingerprint density at radius 1 is 1.02 bits per heavy atom. The molecule has 0 bridgehead atoms. The Bertz CT molecular complexity index is 1840. The van der Waals surface area contributed by atoms with Gasteiger partial charge in [-0.1, -0.05) is 53.2 Å². The molecular weight excluding hydrogens is 667 g/mol. The predicted octanol–water partition coefficient (Wildman–Crippen LogP) is 2.99. The first-order chi connectivity index (χ1) is 23.1. The van der Waals surface area contributed by atoms with Crippen LogP contribution in [0.5, 0.6) is 0 Å². The van der Waals surface area contributed by atoms with E-state index in [4.69, 9.17) is 19.0 Å². The van der Waals surface area contributed by atoms with E-state index in [0.29, 0.717) is 39.3 Å². The molecule has 0 unspecified atom stereocenters. The molecule has 12 heteroatoms. The molecule has 0 saturated heterocycles. The van der Waals surface area contributed by atoms with Crippen LogP contribution in [0.2, 0.25) is 0 Å². The molecule has 2 aliphatic heterocycles. The molecule has 0 spiro atoms. The van der Waals surface area contributed by atoms with Crippen molar-refractivity contribution in [3.05, 3.63) is 82.6 Å². The number of hydrogen-bond acceptors (Lipinski definition) is 8. The molecule has 10 nitrogen and oxygen atoms in total. The maximum atomic E-state index is 11.9. The van der Waals surface area contributed by atoms with Crippen LogP contribution in [0.1, 0.15) is 77.2 Å². The van der Waals surface area contributed by atoms with Gasteiger partial charge in [0, 0.05) is 61.0 Å². The zero-order valence-electron chi connectivity index (χ0n) is 30.7. The summed E-state index contributed by atoms with van der Waals surface area (Å²) in [5, 5.41) is 10.1. The predicted molar refractivity (Wildman–Crippen MR) is 191 cm³/mol. The van der Waals surface area contributed by atoms with Crippen LogP contribution < -0.4 is 44.4 Å². The van der Waals surface area contributed by atoms with Gasteiger partial charge in [-0.25, -0.2) is 13.0 Å². The molecule has 1 N–H and O–H groups in total. The number of aliphatic carboxylic acids is 1. The zero-order chi connectivity index (χ0) is 36.0. The number of unbranched alkanes of at least 4 members (excludes halogenated alkanes) is 2. The summed E-state index contributed by atoms with van der Waals surface area (Å²) in [7, 11) is -1.25. The number of hydrogen-bond donors (Lipinski definition) is 1. The first-order valence-electron chi connectivity index (χ1n) is 16.7. The van der Waals surface area contributed by atoms with Crippen molar-refractivity contribution in [2.75, 3.05) is 52.0 Å². The van der Waals surface area contributed by atoms with Crippen molar-refractivity contribution in [1.82, 2.24) is 4.58 Å². The molecule has 0 aromatic heterocycles. The van der Waals surface area contributed by atoms with E-state index in [1.807, 2.05) is 26.0 Å². The molecule has 0 saturated carbocycles. The van der Waals surface area contributed by atoms with Crippen molar-refractivity contribution < 1.29 is 66.3 Å². The number of carbonyl (C=O) groups is 1. The van der Waals surface area contributed by atoms with Crippen LogP contribution in [0, 0.1) is 0 Å². The fourth-order valence-electron chi connectivity index (χ4n) is 6.19. The summed E-state index contributed by atoms with van der Waals surface area (Å²) in [6, 6.07) is 12.8. The third-order valence-corrected chi connectivity index (χ3v) is 9.80. The molecule has 0 amide bonds. The van der Waals surface area contributed by atoms with Crippen LogP contribution >= 0.6 is 0 Å². The first-order valence-corrected chi connectivity index (χ1v) is 18.1. The molecular formula is C38H50N2NaO8S+. The maximum absolute atomic E-state index is 11.9. The van der Waals surface area contributed by atoms with Crippen molar-refractivity contribution in [2.45, 2.75) is 76.0 Å². The average Bonchev–Trinajstić information content (AvgIpc) is 3.24. The second-order valence-corrected chi connectivity index (χ2v) is 15.4. The van der Waals surface area contributed by atoms with Crippen LogP contribution in [-0.4, -0.2) is 71.1 Å². The number of carboxylic acids is 1. The van der Waals surface area contributed by atoms with E-state index in [1.54, 1.807) is 20.3 Å². The fourth-order valence-corrected chi connectivity index (χ4v) is 6.69. The quantitative estimate of drug-likeness (QED) is 0.109. The fraction of sp³-hybridized carbons (Fsp3) is 0.474. The zero-order valence-corrected chi connectivity index (χ0v) is 33.6. The van der Waals surface area contributed by atoms with E-state index in [2.05, 4.69) is 60.6 Å². The monoisotopic (exact) mass is 717 g/mol. The van der Waals surface area contributed by atoms with Crippen LogP contribution in [0.15, 0.2) is 69.6 Å². The Morgan fingerprint density at radius 2 is 1.70 bits per heavy atom. The number of fused-ring (bicyclic) bond motifs is 2. The number of rotatable bonds is 15. The number of ether oxygens (including phenoxy) is 2. The number of allylic oxidation sites excluding steroid dienone is 3. The van der Waals surface area contributed by atoms with Crippen molar-refractivity contribution in [3.63, 3.8) is 0 Å². The molecule has 0 fully saturated rings. The summed E-state index contributed by atoms with van der Waals surface area (Å²) in [5.74, 6) is 0.791. The topological polar surface area (TPSA) is 132 Å². The normalized spacial score (nSPS) is 15.1. The van der Waals surface area contributed by atoms with E-state index in [1.165, 1.54) is 12.1 Å². The third-order valence-electron chi connectivity index (χ3n) is 8.97. The van der Waals surface area contributed by atoms with Gasteiger partial charge in [0.05, 0.1) is 11.0 Å². The second-order valence-electron chi connectivity index (χ2n) is 14.0. The number of benzene rings is 2. The minimum absolute atomic E-state index is 0. The van der Waals surface area contributed by atoms with E-state index in [0.717, 1.165) is 57.8 Å². The van der Waals surface area contributed by atoms with Gasteiger partial charge in [-0.05, 0) is 60.4 Å². The van der Waals surface area contributed by atoms with E-state index >= 15 is 0 Å². The standard InChI is InChI=1S/C38H50N2O8S.Na/c1-37(2,3)35-24-27(30-17-15-28(25-33(30)48-35)39(20-22-46-6)21-23-47-7)12-11-13-34-38(4,5)31-26-29(49(43,44)45)16-18-32(31)40(34)19-10-8-9-14-36(41)42;/h11-13,15-18,24-26H,8-10,14,19-23H2,1-7H3,(H-,41,42,43,44,45);/q;+1.